The first kappa shape index (κ1) is 12.5. The summed E-state index contributed by atoms with van der Waals surface area (Å²) in [4.78, 5) is 1.18. The Kier molecular flexibility index (Phi) is 4.63. The highest BCUT2D eigenvalue weighted by molar-refractivity contribution is 7.05. The highest BCUT2D eigenvalue weighted by Crippen LogP contribution is 2.29. The molecule has 1 heterocycles. The van der Waals surface area contributed by atoms with Crippen molar-refractivity contribution in [3.8, 4) is 0 Å². The van der Waals surface area contributed by atoms with Crippen LogP contribution in [0, 0.1) is 5.92 Å². The van der Waals surface area contributed by atoms with Crippen molar-refractivity contribution in [2.45, 2.75) is 46.1 Å². The fourth-order valence-electron chi connectivity index (χ4n) is 1.57. The Balaban J connectivity index is 2.86. The quantitative estimate of drug-likeness (QED) is 0.599. The van der Waals surface area contributed by atoms with Crippen LogP contribution >= 0.6 is 11.5 Å². The zero-order valence-electron chi connectivity index (χ0n) is 9.82. The third-order valence-electron chi connectivity index (χ3n) is 2.31. The first-order chi connectivity index (χ1) is 7.06. The SMILES string of the molecule is CC(C)CC(NN)c1snnc1C(C)C. The topological polar surface area (TPSA) is 63.8 Å². The van der Waals surface area contributed by atoms with Gasteiger partial charge in [-0.1, -0.05) is 32.2 Å². The Bertz CT molecular complexity index is 295. The van der Waals surface area contributed by atoms with E-state index >= 15 is 0 Å². The van der Waals surface area contributed by atoms with Gasteiger partial charge in [-0.15, -0.1) is 5.10 Å². The predicted molar refractivity (Wildman–Crippen MR) is 63.5 cm³/mol. The lowest BCUT2D eigenvalue weighted by Gasteiger charge is -2.17. The molecule has 0 saturated carbocycles. The highest BCUT2D eigenvalue weighted by Gasteiger charge is 2.20. The van der Waals surface area contributed by atoms with E-state index in [0.29, 0.717) is 11.8 Å². The van der Waals surface area contributed by atoms with Crippen LogP contribution in [-0.2, 0) is 0 Å². The summed E-state index contributed by atoms with van der Waals surface area (Å²) in [6.45, 7) is 8.63. The number of rotatable bonds is 5. The van der Waals surface area contributed by atoms with Crippen LogP contribution in [0.25, 0.3) is 0 Å². The van der Waals surface area contributed by atoms with Crippen LogP contribution in [0.1, 0.15) is 56.6 Å². The van der Waals surface area contributed by atoms with Gasteiger partial charge in [0.25, 0.3) is 0 Å². The average Bonchev–Trinajstić information content (AvgIpc) is 2.62. The molecule has 4 nitrogen and oxygen atoms in total. The molecule has 1 atom stereocenters. The Morgan fingerprint density at radius 3 is 2.47 bits per heavy atom. The van der Waals surface area contributed by atoms with E-state index in [1.165, 1.54) is 16.4 Å². The van der Waals surface area contributed by atoms with Crippen LogP contribution in [0.3, 0.4) is 0 Å². The van der Waals surface area contributed by atoms with E-state index in [9.17, 15) is 0 Å². The van der Waals surface area contributed by atoms with Crippen LogP contribution in [0.15, 0.2) is 0 Å². The van der Waals surface area contributed by atoms with Gasteiger partial charge in [0.1, 0.15) is 0 Å². The average molecular weight is 228 g/mol. The van der Waals surface area contributed by atoms with Crippen molar-refractivity contribution in [3.63, 3.8) is 0 Å². The molecule has 86 valence electrons. The van der Waals surface area contributed by atoms with Gasteiger partial charge in [0.2, 0.25) is 0 Å². The normalized spacial score (nSPS) is 13.8. The number of hydrogen-bond donors (Lipinski definition) is 2. The molecule has 0 spiro atoms. The lowest BCUT2D eigenvalue weighted by atomic mass is 9.99. The van der Waals surface area contributed by atoms with Gasteiger partial charge in [-0.05, 0) is 29.8 Å². The fourth-order valence-corrected chi connectivity index (χ4v) is 2.45. The molecule has 3 N–H and O–H groups in total. The van der Waals surface area contributed by atoms with Crippen molar-refractivity contribution in [2.75, 3.05) is 0 Å². The van der Waals surface area contributed by atoms with Crippen LogP contribution in [-0.4, -0.2) is 9.59 Å². The molecule has 1 aromatic rings. The number of hydrogen-bond acceptors (Lipinski definition) is 5. The largest absolute Gasteiger partial charge is 0.271 e. The van der Waals surface area contributed by atoms with E-state index in [1.807, 2.05) is 0 Å². The number of nitrogens with zero attached hydrogens (tertiary/aromatic N) is 2. The van der Waals surface area contributed by atoms with Gasteiger partial charge >= 0.3 is 0 Å². The van der Waals surface area contributed by atoms with Crippen molar-refractivity contribution in [1.29, 1.82) is 0 Å². The van der Waals surface area contributed by atoms with E-state index < -0.39 is 0 Å². The molecular weight excluding hydrogens is 208 g/mol. The maximum absolute atomic E-state index is 5.58. The molecule has 0 amide bonds. The molecule has 0 radical (unpaired) electrons. The van der Waals surface area contributed by atoms with Gasteiger partial charge in [-0.3, -0.25) is 11.3 Å². The molecule has 1 unspecified atom stereocenters. The van der Waals surface area contributed by atoms with Crippen LogP contribution in [0.2, 0.25) is 0 Å². The van der Waals surface area contributed by atoms with Crippen molar-refractivity contribution in [2.24, 2.45) is 11.8 Å². The summed E-state index contributed by atoms with van der Waals surface area (Å²) in [5.41, 5.74) is 3.93. The minimum Gasteiger partial charge on any atom is -0.271 e. The van der Waals surface area contributed by atoms with Crippen molar-refractivity contribution < 1.29 is 0 Å². The maximum Gasteiger partial charge on any atom is 0.0829 e. The first-order valence-corrected chi connectivity index (χ1v) is 6.11. The number of aromatic nitrogens is 2. The monoisotopic (exact) mass is 228 g/mol. The second-order valence-corrected chi connectivity index (χ2v) is 5.31. The van der Waals surface area contributed by atoms with Gasteiger partial charge in [0.15, 0.2) is 0 Å². The van der Waals surface area contributed by atoms with Gasteiger partial charge in [0, 0.05) is 0 Å². The Morgan fingerprint density at radius 1 is 1.33 bits per heavy atom. The van der Waals surface area contributed by atoms with E-state index in [2.05, 4.69) is 42.7 Å². The molecule has 0 fully saturated rings. The summed E-state index contributed by atoms with van der Waals surface area (Å²) in [5, 5.41) is 4.16. The Hall–Kier alpha value is -0.520. The predicted octanol–water partition coefficient (Wildman–Crippen LogP) is 2.21. The highest BCUT2D eigenvalue weighted by atomic mass is 32.1. The van der Waals surface area contributed by atoms with E-state index in [0.717, 1.165) is 12.1 Å². The van der Waals surface area contributed by atoms with Gasteiger partial charge in [-0.2, -0.15) is 0 Å². The maximum atomic E-state index is 5.58. The molecule has 0 aliphatic rings. The third kappa shape index (κ3) is 3.22. The van der Waals surface area contributed by atoms with Crippen LogP contribution in [0.5, 0.6) is 0 Å². The van der Waals surface area contributed by atoms with Gasteiger partial charge in [-0.25, -0.2) is 0 Å². The molecule has 0 aliphatic heterocycles. The van der Waals surface area contributed by atoms with E-state index in [4.69, 9.17) is 5.84 Å². The van der Waals surface area contributed by atoms with Crippen molar-refractivity contribution >= 4 is 11.5 Å². The van der Waals surface area contributed by atoms with E-state index in [-0.39, 0.29) is 6.04 Å². The number of nitrogens with one attached hydrogen (secondary N) is 1. The first-order valence-electron chi connectivity index (χ1n) is 5.34. The van der Waals surface area contributed by atoms with Crippen molar-refractivity contribution in [3.05, 3.63) is 10.6 Å². The summed E-state index contributed by atoms with van der Waals surface area (Å²) >= 11 is 1.45. The van der Waals surface area contributed by atoms with Gasteiger partial charge in [0.05, 0.1) is 16.6 Å². The Morgan fingerprint density at radius 2 is 2.00 bits per heavy atom. The summed E-state index contributed by atoms with van der Waals surface area (Å²) < 4.78 is 4.02. The lowest BCUT2D eigenvalue weighted by molar-refractivity contribution is 0.439. The summed E-state index contributed by atoms with van der Waals surface area (Å²) in [6, 6.07) is 0.183. The molecule has 5 heteroatoms. The van der Waals surface area contributed by atoms with Crippen LogP contribution < -0.4 is 11.3 Å². The summed E-state index contributed by atoms with van der Waals surface area (Å²) in [6.07, 6.45) is 1.01. The number of nitrogens with two attached hydrogens (primary N) is 1. The minimum atomic E-state index is 0.183. The molecule has 0 saturated heterocycles. The molecule has 1 rings (SSSR count). The molecule has 0 aromatic carbocycles. The molecular formula is C10H20N4S. The van der Waals surface area contributed by atoms with Crippen molar-refractivity contribution in [1.82, 2.24) is 15.0 Å². The van der Waals surface area contributed by atoms with E-state index in [1.54, 1.807) is 0 Å². The molecule has 0 aliphatic carbocycles. The minimum absolute atomic E-state index is 0.183. The van der Waals surface area contributed by atoms with Gasteiger partial charge < -0.3 is 0 Å². The fraction of sp³-hybridized carbons (Fsp3) is 0.800. The lowest BCUT2D eigenvalue weighted by Crippen LogP contribution is -2.29. The summed E-state index contributed by atoms with van der Waals surface area (Å²) in [7, 11) is 0. The Labute approximate surface area is 95.4 Å². The second-order valence-electron chi connectivity index (χ2n) is 4.53. The third-order valence-corrected chi connectivity index (χ3v) is 3.17. The zero-order valence-corrected chi connectivity index (χ0v) is 10.6. The second kappa shape index (κ2) is 5.53. The molecule has 1 aromatic heterocycles. The summed E-state index contributed by atoms with van der Waals surface area (Å²) in [5.74, 6) is 6.59. The molecule has 0 bridgehead atoms. The smallest absolute Gasteiger partial charge is 0.0829 e. The molecule has 15 heavy (non-hydrogen) atoms. The zero-order chi connectivity index (χ0) is 11.4. The number of hydrazine groups is 1. The standard InChI is InChI=1S/C10H20N4S/c1-6(2)5-8(12-11)10-9(7(3)4)13-14-15-10/h6-8,12H,5,11H2,1-4H3. The van der Waals surface area contributed by atoms with Crippen LogP contribution in [0.4, 0.5) is 0 Å².